The van der Waals surface area contributed by atoms with Gasteiger partial charge < -0.3 is 4.74 Å². The van der Waals surface area contributed by atoms with Crippen LogP contribution in [-0.2, 0) is 9.53 Å². The first kappa shape index (κ1) is 22.0. The second-order valence-corrected chi connectivity index (χ2v) is 8.32. The Hall–Kier alpha value is -1.31. The summed E-state index contributed by atoms with van der Waals surface area (Å²) in [5.74, 6) is 0.516. The van der Waals surface area contributed by atoms with Crippen LogP contribution in [0.1, 0.15) is 109 Å². The predicted molar refractivity (Wildman–Crippen MR) is 114 cm³/mol. The van der Waals surface area contributed by atoms with Crippen LogP contribution in [0.3, 0.4) is 0 Å². The molecule has 1 aliphatic carbocycles. The number of ether oxygens (including phenoxy) is 1. The van der Waals surface area contributed by atoms with Gasteiger partial charge in [0.15, 0.2) is 0 Å². The first-order chi connectivity index (χ1) is 13.3. The van der Waals surface area contributed by atoms with Gasteiger partial charge in [0.05, 0.1) is 5.92 Å². The Morgan fingerprint density at radius 1 is 0.889 bits per heavy atom. The summed E-state index contributed by atoms with van der Waals surface area (Å²) in [5, 5.41) is 0. The smallest absolute Gasteiger partial charge is 0.309 e. The Balaban J connectivity index is 1.59. The Bertz CT molecular complexity index is 510. The van der Waals surface area contributed by atoms with Crippen molar-refractivity contribution >= 4 is 5.97 Å². The Morgan fingerprint density at radius 3 is 2.15 bits per heavy atom. The van der Waals surface area contributed by atoms with Gasteiger partial charge in [-0.05, 0) is 37.2 Å². The first-order valence-corrected chi connectivity index (χ1v) is 11.5. The molecule has 0 aromatic heterocycles. The molecular formula is C25H40O2. The number of hydrogen-bond acceptors (Lipinski definition) is 2. The van der Waals surface area contributed by atoms with Crippen LogP contribution in [0.4, 0.5) is 0 Å². The van der Waals surface area contributed by atoms with E-state index in [1.54, 1.807) is 0 Å². The number of benzene rings is 1. The molecule has 0 heterocycles. The lowest BCUT2D eigenvalue weighted by atomic mass is 10.0. The predicted octanol–water partition coefficient (Wildman–Crippen LogP) is 7.42. The minimum atomic E-state index is 0.0400. The molecule has 0 aliphatic heterocycles. The lowest BCUT2D eigenvalue weighted by molar-refractivity contribution is -0.151. The third kappa shape index (κ3) is 8.49. The molecule has 3 atom stereocenters. The van der Waals surface area contributed by atoms with Gasteiger partial charge in [0, 0.05) is 0 Å². The molecule has 0 N–H and O–H groups in total. The fourth-order valence-electron chi connectivity index (χ4n) is 4.04. The Labute approximate surface area is 167 Å². The Kier molecular flexibility index (Phi) is 10.6. The van der Waals surface area contributed by atoms with Crippen LogP contribution in [-0.4, -0.2) is 12.1 Å². The van der Waals surface area contributed by atoms with Crippen molar-refractivity contribution in [3.8, 4) is 0 Å². The molecule has 1 aromatic rings. The summed E-state index contributed by atoms with van der Waals surface area (Å²) in [6.45, 7) is 4.45. The quantitative estimate of drug-likeness (QED) is 0.236. The molecular weight excluding hydrogens is 332 g/mol. The Morgan fingerprint density at radius 2 is 1.52 bits per heavy atom. The zero-order chi connectivity index (χ0) is 19.3. The second kappa shape index (κ2) is 13.0. The number of rotatable bonds is 15. The van der Waals surface area contributed by atoms with Crippen molar-refractivity contribution in [2.45, 2.75) is 109 Å². The average molecular weight is 373 g/mol. The van der Waals surface area contributed by atoms with E-state index in [2.05, 4.69) is 38.1 Å². The van der Waals surface area contributed by atoms with Crippen molar-refractivity contribution in [2.24, 2.45) is 5.92 Å². The molecule has 1 fully saturated rings. The largest absolute Gasteiger partial charge is 0.462 e. The molecule has 27 heavy (non-hydrogen) atoms. The summed E-state index contributed by atoms with van der Waals surface area (Å²) >= 11 is 0. The number of carbonyl (C=O) groups is 1. The van der Waals surface area contributed by atoms with Crippen LogP contribution < -0.4 is 0 Å². The molecule has 3 unspecified atom stereocenters. The van der Waals surface area contributed by atoms with Gasteiger partial charge in [-0.1, -0.05) is 102 Å². The van der Waals surface area contributed by atoms with E-state index in [0.29, 0.717) is 5.92 Å². The van der Waals surface area contributed by atoms with Crippen molar-refractivity contribution in [3.63, 3.8) is 0 Å². The monoisotopic (exact) mass is 372 g/mol. The fourth-order valence-corrected chi connectivity index (χ4v) is 4.04. The summed E-state index contributed by atoms with van der Waals surface area (Å²) in [5.41, 5.74) is 1.28. The SMILES string of the molecule is CCCCCCCCCCCC(CCC)OC(=O)C1CC1c1ccccc1. The molecule has 152 valence electrons. The molecule has 2 heteroatoms. The maximum absolute atomic E-state index is 12.5. The molecule has 0 saturated heterocycles. The molecule has 2 rings (SSSR count). The zero-order valence-corrected chi connectivity index (χ0v) is 17.6. The van der Waals surface area contributed by atoms with Crippen molar-refractivity contribution in [3.05, 3.63) is 35.9 Å². The average Bonchev–Trinajstić information content (AvgIpc) is 3.48. The van der Waals surface area contributed by atoms with E-state index in [9.17, 15) is 4.79 Å². The van der Waals surface area contributed by atoms with Crippen LogP contribution in [0.5, 0.6) is 0 Å². The van der Waals surface area contributed by atoms with E-state index >= 15 is 0 Å². The van der Waals surface area contributed by atoms with Gasteiger partial charge in [-0.3, -0.25) is 4.79 Å². The summed E-state index contributed by atoms with van der Waals surface area (Å²) < 4.78 is 5.90. The minimum Gasteiger partial charge on any atom is -0.462 e. The van der Waals surface area contributed by atoms with Crippen molar-refractivity contribution in [1.82, 2.24) is 0 Å². The summed E-state index contributed by atoms with van der Waals surface area (Å²) in [6, 6.07) is 10.4. The topological polar surface area (TPSA) is 26.3 Å². The highest BCUT2D eigenvalue weighted by molar-refractivity contribution is 5.77. The molecule has 1 aromatic carbocycles. The highest BCUT2D eigenvalue weighted by Gasteiger charge is 2.45. The first-order valence-electron chi connectivity index (χ1n) is 11.5. The van der Waals surface area contributed by atoms with Crippen molar-refractivity contribution in [2.75, 3.05) is 0 Å². The third-order valence-corrected chi connectivity index (χ3v) is 5.84. The van der Waals surface area contributed by atoms with E-state index in [-0.39, 0.29) is 18.0 Å². The van der Waals surface area contributed by atoms with Gasteiger partial charge >= 0.3 is 5.97 Å². The standard InChI is InChI=1S/C25H40O2/c1-3-5-6-7-8-9-10-11-15-19-22(16-4-2)27-25(26)24-20-23(24)21-17-13-12-14-18-21/h12-14,17-18,22-24H,3-11,15-16,19-20H2,1-2H3. The van der Waals surface area contributed by atoms with Crippen LogP contribution in [0, 0.1) is 5.92 Å². The molecule has 0 spiro atoms. The number of esters is 1. The molecule has 1 saturated carbocycles. The van der Waals surface area contributed by atoms with Crippen LogP contribution >= 0.6 is 0 Å². The molecule has 0 radical (unpaired) electrons. The van der Waals surface area contributed by atoms with E-state index in [4.69, 9.17) is 4.74 Å². The molecule has 2 nitrogen and oxygen atoms in total. The van der Waals surface area contributed by atoms with Crippen LogP contribution in [0.25, 0.3) is 0 Å². The number of unbranched alkanes of at least 4 members (excludes halogenated alkanes) is 8. The van der Waals surface area contributed by atoms with E-state index in [1.165, 1.54) is 63.4 Å². The van der Waals surface area contributed by atoms with Gasteiger partial charge in [-0.25, -0.2) is 0 Å². The van der Waals surface area contributed by atoms with Crippen LogP contribution in [0.2, 0.25) is 0 Å². The lowest BCUT2D eigenvalue weighted by Gasteiger charge is -2.17. The maximum atomic E-state index is 12.5. The van der Waals surface area contributed by atoms with Crippen LogP contribution in [0.15, 0.2) is 30.3 Å². The number of carbonyl (C=O) groups excluding carboxylic acids is 1. The van der Waals surface area contributed by atoms with Gasteiger partial charge in [-0.15, -0.1) is 0 Å². The third-order valence-electron chi connectivity index (χ3n) is 5.84. The summed E-state index contributed by atoms with van der Waals surface area (Å²) in [6.07, 6.45) is 16.3. The van der Waals surface area contributed by atoms with Gasteiger partial charge in [-0.2, -0.15) is 0 Å². The van der Waals surface area contributed by atoms with E-state index in [1.807, 2.05) is 6.07 Å². The second-order valence-electron chi connectivity index (χ2n) is 8.32. The summed E-state index contributed by atoms with van der Waals surface area (Å²) in [4.78, 5) is 12.5. The molecule has 0 amide bonds. The minimum absolute atomic E-state index is 0.0400. The number of hydrogen-bond donors (Lipinski definition) is 0. The normalized spacial score (nSPS) is 19.6. The summed E-state index contributed by atoms with van der Waals surface area (Å²) in [7, 11) is 0. The molecule has 0 bridgehead atoms. The van der Waals surface area contributed by atoms with E-state index in [0.717, 1.165) is 25.7 Å². The maximum Gasteiger partial charge on any atom is 0.309 e. The van der Waals surface area contributed by atoms with E-state index < -0.39 is 0 Å². The zero-order valence-electron chi connectivity index (χ0n) is 17.6. The van der Waals surface area contributed by atoms with Gasteiger partial charge in [0.25, 0.3) is 0 Å². The highest BCUT2D eigenvalue weighted by atomic mass is 16.5. The van der Waals surface area contributed by atoms with Gasteiger partial charge in [0.2, 0.25) is 0 Å². The lowest BCUT2D eigenvalue weighted by Crippen LogP contribution is -2.19. The van der Waals surface area contributed by atoms with Crippen molar-refractivity contribution in [1.29, 1.82) is 0 Å². The highest BCUT2D eigenvalue weighted by Crippen LogP contribution is 2.48. The molecule has 1 aliphatic rings. The van der Waals surface area contributed by atoms with Crippen molar-refractivity contribution < 1.29 is 9.53 Å². The fraction of sp³-hybridized carbons (Fsp3) is 0.720. The van der Waals surface area contributed by atoms with Gasteiger partial charge in [0.1, 0.15) is 6.10 Å².